The fraction of sp³-hybridized carbons (Fsp3) is 0.394. The monoisotopic (exact) mass is 645 g/mol. The van der Waals surface area contributed by atoms with Gasteiger partial charge in [-0.1, -0.05) is 43.2 Å². The highest BCUT2D eigenvalue weighted by molar-refractivity contribution is 7.92. The zero-order valence-corrected chi connectivity index (χ0v) is 26.3. The van der Waals surface area contributed by atoms with Crippen molar-refractivity contribution in [1.82, 2.24) is 9.88 Å². The molecule has 44 heavy (non-hydrogen) atoms. The van der Waals surface area contributed by atoms with Crippen LogP contribution in [0.5, 0.6) is 0 Å². The zero-order valence-electron chi connectivity index (χ0n) is 24.7. The number of anilines is 1. The summed E-state index contributed by atoms with van der Waals surface area (Å²) in [7, 11) is -4.16. The van der Waals surface area contributed by atoms with Crippen molar-refractivity contribution >= 4 is 38.5 Å². The Kier molecular flexibility index (Phi) is 9.26. The van der Waals surface area contributed by atoms with Gasteiger partial charge >= 0.3 is 6.18 Å². The van der Waals surface area contributed by atoms with E-state index in [1.807, 2.05) is 12.1 Å². The van der Waals surface area contributed by atoms with Gasteiger partial charge < -0.3 is 4.90 Å². The molecule has 1 aromatic heterocycles. The van der Waals surface area contributed by atoms with E-state index < -0.39 is 38.7 Å². The average molecular weight is 646 g/mol. The molecule has 1 fully saturated rings. The molecule has 0 unspecified atom stereocenters. The number of rotatable bonds is 8. The van der Waals surface area contributed by atoms with Gasteiger partial charge in [-0.2, -0.15) is 13.2 Å². The van der Waals surface area contributed by atoms with E-state index in [4.69, 9.17) is 11.6 Å². The van der Waals surface area contributed by atoms with Crippen molar-refractivity contribution in [2.24, 2.45) is 5.41 Å². The number of allylic oxidation sites excluding steroid dienone is 1. The first-order chi connectivity index (χ1) is 20.7. The van der Waals surface area contributed by atoms with Crippen LogP contribution in [0.3, 0.4) is 0 Å². The largest absolute Gasteiger partial charge is 0.418 e. The minimum Gasteiger partial charge on any atom is -0.369 e. The van der Waals surface area contributed by atoms with Crippen molar-refractivity contribution in [1.29, 1.82) is 0 Å². The van der Waals surface area contributed by atoms with Crippen LogP contribution in [0, 0.1) is 5.41 Å². The van der Waals surface area contributed by atoms with Crippen LogP contribution in [0.15, 0.2) is 77.5 Å². The molecular weight excluding hydrogens is 611 g/mol. The number of aromatic nitrogens is 1. The fourth-order valence-electron chi connectivity index (χ4n) is 5.96. The Balaban J connectivity index is 1.22. The van der Waals surface area contributed by atoms with E-state index in [1.165, 1.54) is 28.8 Å². The highest BCUT2D eigenvalue weighted by atomic mass is 35.5. The number of Topliss-reactive ketones (excluding diaryl/α,β-unsaturated/α-hetero) is 1. The number of nitrogens with zero attached hydrogens (tertiary/aromatic N) is 3. The molecule has 0 radical (unpaired) electrons. The third-order valence-electron chi connectivity index (χ3n) is 8.47. The van der Waals surface area contributed by atoms with Gasteiger partial charge in [0, 0.05) is 61.4 Å². The van der Waals surface area contributed by atoms with Crippen molar-refractivity contribution in [3.63, 3.8) is 0 Å². The lowest BCUT2D eigenvalue weighted by Gasteiger charge is -2.39. The Morgan fingerprint density at radius 3 is 2.27 bits per heavy atom. The molecule has 5 rings (SSSR count). The molecule has 2 aliphatic rings. The molecule has 1 aliphatic heterocycles. The van der Waals surface area contributed by atoms with Crippen LogP contribution in [0.2, 0.25) is 5.02 Å². The summed E-state index contributed by atoms with van der Waals surface area (Å²) >= 11 is 6.15. The van der Waals surface area contributed by atoms with E-state index >= 15 is 0 Å². The van der Waals surface area contributed by atoms with Gasteiger partial charge in [0.15, 0.2) is 15.6 Å². The van der Waals surface area contributed by atoms with Gasteiger partial charge in [0.1, 0.15) is 5.75 Å². The van der Waals surface area contributed by atoms with Gasteiger partial charge in [-0.15, -0.1) is 0 Å². The van der Waals surface area contributed by atoms with Crippen molar-refractivity contribution < 1.29 is 26.4 Å². The number of alkyl halides is 3. The Morgan fingerprint density at radius 1 is 0.977 bits per heavy atom. The number of carbonyl (C=O) groups is 1. The maximum Gasteiger partial charge on any atom is 0.418 e. The normalized spacial score (nSPS) is 18.0. The van der Waals surface area contributed by atoms with Crippen LogP contribution >= 0.6 is 11.6 Å². The number of ketones is 1. The average Bonchev–Trinajstić information content (AvgIpc) is 2.98. The lowest BCUT2D eigenvalue weighted by Crippen LogP contribution is -2.47. The quantitative estimate of drug-likeness (QED) is 0.242. The minimum atomic E-state index is -4.82. The first-order valence-corrected chi connectivity index (χ1v) is 16.6. The van der Waals surface area contributed by atoms with E-state index in [0.29, 0.717) is 6.20 Å². The molecular formula is C33H35ClF3N3O3S. The van der Waals surface area contributed by atoms with Gasteiger partial charge in [0.25, 0.3) is 0 Å². The second-order valence-electron chi connectivity index (χ2n) is 12.3. The number of halogens is 4. The molecule has 0 N–H and O–H groups in total. The maximum atomic E-state index is 13.3. The lowest BCUT2D eigenvalue weighted by atomic mass is 9.72. The third-order valence-corrected chi connectivity index (χ3v) is 10.4. The standard InChI is InChI=1S/C33H35ClF3N3O3S/c1-32(2)13-11-24(29(19-32)23-3-5-25(34)6-4-23)21-39-15-17-40(18-16-39)26-7-9-27(10-8-26)44(42,43)22-31(41)28-12-14-38-20-30(28)33(35,36)37/h3-10,12,14,20H,11,13,15-19,21-22H2,1-2H3. The molecule has 1 aliphatic carbocycles. The van der Waals surface area contributed by atoms with Crippen molar-refractivity contribution in [3.05, 3.63) is 94.3 Å². The number of hydrogen-bond donors (Lipinski definition) is 0. The van der Waals surface area contributed by atoms with E-state index in [9.17, 15) is 26.4 Å². The molecule has 3 aromatic rings. The molecule has 6 nitrogen and oxygen atoms in total. The molecule has 0 saturated carbocycles. The van der Waals surface area contributed by atoms with E-state index in [0.717, 1.165) is 75.0 Å². The first-order valence-electron chi connectivity index (χ1n) is 14.5. The number of sulfone groups is 1. The summed E-state index contributed by atoms with van der Waals surface area (Å²) in [5.41, 5.74) is 3.25. The molecule has 1 saturated heterocycles. The zero-order chi connectivity index (χ0) is 31.7. The summed E-state index contributed by atoms with van der Waals surface area (Å²) < 4.78 is 65.8. The van der Waals surface area contributed by atoms with Gasteiger partial charge in [0.05, 0.1) is 10.5 Å². The highest BCUT2D eigenvalue weighted by Gasteiger charge is 2.36. The molecule has 2 aromatic carbocycles. The van der Waals surface area contributed by atoms with Crippen molar-refractivity contribution in [2.75, 3.05) is 43.4 Å². The number of piperazine rings is 1. The van der Waals surface area contributed by atoms with Crippen LogP contribution in [-0.4, -0.2) is 62.6 Å². The SMILES string of the molecule is CC1(C)CCC(CN2CCN(c3ccc(S(=O)(=O)CC(=O)c4ccncc4C(F)(F)F)cc3)CC2)=C(c2ccc(Cl)cc2)C1. The first kappa shape index (κ1) is 32.2. The van der Waals surface area contributed by atoms with Crippen molar-refractivity contribution in [2.45, 2.75) is 44.2 Å². The molecule has 11 heteroatoms. The molecule has 0 amide bonds. The summed E-state index contributed by atoms with van der Waals surface area (Å²) in [5.74, 6) is -2.20. The Bertz CT molecular complexity index is 1650. The van der Waals surface area contributed by atoms with Gasteiger partial charge in [-0.05, 0) is 78.3 Å². The lowest BCUT2D eigenvalue weighted by molar-refractivity contribution is -0.138. The second kappa shape index (κ2) is 12.7. The Hall–Kier alpha value is -3.21. The topological polar surface area (TPSA) is 70.6 Å². The minimum absolute atomic E-state index is 0.113. The third kappa shape index (κ3) is 7.53. The van der Waals surface area contributed by atoms with Crippen LogP contribution < -0.4 is 4.90 Å². The van der Waals surface area contributed by atoms with E-state index in [-0.39, 0.29) is 10.3 Å². The summed E-state index contributed by atoms with van der Waals surface area (Å²) in [4.78, 5) is 20.6. The highest BCUT2D eigenvalue weighted by Crippen LogP contribution is 2.43. The Morgan fingerprint density at radius 2 is 1.64 bits per heavy atom. The van der Waals surface area contributed by atoms with Crippen LogP contribution in [0.25, 0.3) is 5.57 Å². The second-order valence-corrected chi connectivity index (χ2v) is 14.7. The Labute approximate surface area is 261 Å². The molecule has 0 spiro atoms. The summed E-state index contributed by atoms with van der Waals surface area (Å²) in [5, 5.41) is 0.727. The predicted molar refractivity (Wildman–Crippen MR) is 167 cm³/mol. The number of hydrogen-bond acceptors (Lipinski definition) is 6. The molecule has 2 heterocycles. The van der Waals surface area contributed by atoms with E-state index in [2.05, 4.69) is 40.8 Å². The van der Waals surface area contributed by atoms with E-state index in [1.54, 1.807) is 12.1 Å². The van der Waals surface area contributed by atoms with Gasteiger partial charge in [0.2, 0.25) is 0 Å². The van der Waals surface area contributed by atoms with Gasteiger partial charge in [-0.25, -0.2) is 8.42 Å². The summed E-state index contributed by atoms with van der Waals surface area (Å²) in [6, 6.07) is 15.2. The molecule has 234 valence electrons. The summed E-state index contributed by atoms with van der Waals surface area (Å²) in [6.07, 6.45) is -0.0296. The number of carbonyl (C=O) groups excluding carboxylic acids is 1. The predicted octanol–water partition coefficient (Wildman–Crippen LogP) is 7.20. The van der Waals surface area contributed by atoms with Gasteiger partial charge in [-0.3, -0.25) is 14.7 Å². The fourth-order valence-corrected chi connectivity index (χ4v) is 7.30. The maximum absolute atomic E-state index is 13.3. The smallest absolute Gasteiger partial charge is 0.369 e. The molecule has 0 bridgehead atoms. The van der Waals surface area contributed by atoms with Crippen molar-refractivity contribution in [3.8, 4) is 0 Å². The number of pyridine rings is 1. The van der Waals surface area contributed by atoms with Crippen LogP contribution in [0.4, 0.5) is 18.9 Å². The number of benzene rings is 2. The van der Waals surface area contributed by atoms with Crippen LogP contribution in [-0.2, 0) is 16.0 Å². The summed E-state index contributed by atoms with van der Waals surface area (Å²) in [6.45, 7) is 8.77. The molecule has 0 atom stereocenters. The van der Waals surface area contributed by atoms with Crippen LogP contribution in [0.1, 0.15) is 54.6 Å².